The highest BCUT2D eigenvalue weighted by Crippen LogP contribution is 2.24. The van der Waals surface area contributed by atoms with Crippen molar-refractivity contribution < 1.29 is 9.90 Å². The van der Waals surface area contributed by atoms with Crippen molar-refractivity contribution in [1.82, 2.24) is 14.5 Å². The van der Waals surface area contributed by atoms with Gasteiger partial charge in [0.1, 0.15) is 5.69 Å². The van der Waals surface area contributed by atoms with Gasteiger partial charge in [0.25, 0.3) is 5.91 Å². The fourth-order valence-corrected chi connectivity index (χ4v) is 2.88. The third-order valence-corrected chi connectivity index (χ3v) is 4.14. The molecule has 0 aliphatic heterocycles. The average Bonchev–Trinajstić information content (AvgIpc) is 3.01. The first-order chi connectivity index (χ1) is 9.93. The van der Waals surface area contributed by atoms with E-state index in [-0.39, 0.29) is 18.6 Å². The van der Waals surface area contributed by atoms with E-state index < -0.39 is 0 Å². The number of thiazole rings is 1. The molecule has 6 heteroatoms. The van der Waals surface area contributed by atoms with Gasteiger partial charge < -0.3 is 14.6 Å². The van der Waals surface area contributed by atoms with Crippen molar-refractivity contribution in [3.8, 4) is 11.3 Å². The monoisotopic (exact) mass is 307 g/mol. The zero-order valence-corrected chi connectivity index (χ0v) is 13.6. The fourth-order valence-electron chi connectivity index (χ4n) is 2.26. The second kappa shape index (κ2) is 6.41. The third kappa shape index (κ3) is 3.33. The highest BCUT2D eigenvalue weighted by molar-refractivity contribution is 7.09. The van der Waals surface area contributed by atoms with Crippen LogP contribution in [0.1, 0.15) is 29.3 Å². The van der Waals surface area contributed by atoms with Crippen molar-refractivity contribution in [2.45, 2.75) is 26.8 Å². The number of hydrogen-bond donors (Lipinski definition) is 1. The molecule has 0 aromatic carbocycles. The Kier molecular flexibility index (Phi) is 4.80. The Morgan fingerprint density at radius 3 is 2.76 bits per heavy atom. The van der Waals surface area contributed by atoms with E-state index in [1.54, 1.807) is 16.2 Å². The van der Waals surface area contributed by atoms with Crippen LogP contribution >= 0.6 is 11.3 Å². The molecule has 0 atom stereocenters. The smallest absolute Gasteiger partial charge is 0.270 e. The quantitative estimate of drug-likeness (QED) is 0.922. The first-order valence-electron chi connectivity index (χ1n) is 6.94. The fraction of sp³-hybridized carbons (Fsp3) is 0.467. The topological polar surface area (TPSA) is 58.4 Å². The maximum atomic E-state index is 12.6. The van der Waals surface area contributed by atoms with E-state index in [4.69, 9.17) is 5.11 Å². The highest BCUT2D eigenvalue weighted by Gasteiger charge is 2.22. The van der Waals surface area contributed by atoms with E-state index in [1.807, 2.05) is 50.0 Å². The van der Waals surface area contributed by atoms with E-state index in [2.05, 4.69) is 4.98 Å². The average molecular weight is 307 g/mol. The van der Waals surface area contributed by atoms with Crippen LogP contribution in [0, 0.1) is 6.92 Å². The number of aromatic nitrogens is 2. The van der Waals surface area contributed by atoms with Gasteiger partial charge in [0, 0.05) is 36.8 Å². The third-order valence-electron chi connectivity index (χ3n) is 3.36. The highest BCUT2D eigenvalue weighted by atomic mass is 32.1. The van der Waals surface area contributed by atoms with E-state index >= 15 is 0 Å². The van der Waals surface area contributed by atoms with Gasteiger partial charge in [-0.1, -0.05) is 0 Å². The van der Waals surface area contributed by atoms with E-state index in [1.165, 1.54) is 0 Å². The number of aliphatic hydroxyl groups excluding tert-OH is 1. The molecule has 0 radical (unpaired) electrons. The molecule has 2 aromatic rings. The molecule has 0 aliphatic rings. The van der Waals surface area contributed by atoms with Gasteiger partial charge in [-0.05, 0) is 26.8 Å². The molecule has 114 valence electrons. The minimum atomic E-state index is -0.0697. The SMILES string of the molecule is Cc1nc(-c2cc(C(=O)N(CCO)C(C)C)n(C)c2)cs1. The Morgan fingerprint density at radius 1 is 1.52 bits per heavy atom. The number of aliphatic hydroxyl groups is 1. The van der Waals surface area contributed by atoms with Gasteiger partial charge in [-0.3, -0.25) is 4.79 Å². The molecule has 0 saturated carbocycles. The normalized spacial score (nSPS) is 11.1. The van der Waals surface area contributed by atoms with E-state index in [0.29, 0.717) is 12.2 Å². The predicted molar refractivity (Wildman–Crippen MR) is 84.5 cm³/mol. The van der Waals surface area contributed by atoms with Crippen LogP contribution in [0.3, 0.4) is 0 Å². The van der Waals surface area contributed by atoms with Crippen LogP contribution in [0.4, 0.5) is 0 Å². The zero-order valence-electron chi connectivity index (χ0n) is 12.8. The summed E-state index contributed by atoms with van der Waals surface area (Å²) in [4.78, 5) is 18.7. The van der Waals surface area contributed by atoms with Crippen LogP contribution in [0.5, 0.6) is 0 Å². The van der Waals surface area contributed by atoms with Crippen molar-refractivity contribution in [3.63, 3.8) is 0 Å². The number of amides is 1. The Balaban J connectivity index is 2.32. The van der Waals surface area contributed by atoms with Crippen molar-refractivity contribution in [1.29, 1.82) is 0 Å². The maximum Gasteiger partial charge on any atom is 0.270 e. The summed E-state index contributed by atoms with van der Waals surface area (Å²) in [5.74, 6) is -0.0697. The van der Waals surface area contributed by atoms with Crippen molar-refractivity contribution >= 4 is 17.2 Å². The Morgan fingerprint density at radius 2 is 2.24 bits per heavy atom. The van der Waals surface area contributed by atoms with Gasteiger partial charge in [-0.2, -0.15) is 0 Å². The first kappa shape index (κ1) is 15.7. The number of nitrogens with zero attached hydrogens (tertiary/aromatic N) is 3. The van der Waals surface area contributed by atoms with Crippen LogP contribution in [-0.4, -0.2) is 44.7 Å². The van der Waals surface area contributed by atoms with Crippen molar-refractivity contribution in [2.75, 3.05) is 13.2 Å². The number of rotatable bonds is 5. The molecule has 5 nitrogen and oxygen atoms in total. The zero-order chi connectivity index (χ0) is 15.6. The number of hydrogen-bond acceptors (Lipinski definition) is 4. The first-order valence-corrected chi connectivity index (χ1v) is 7.82. The molecule has 0 unspecified atom stereocenters. The molecule has 0 bridgehead atoms. The van der Waals surface area contributed by atoms with Crippen LogP contribution in [0.2, 0.25) is 0 Å². The largest absolute Gasteiger partial charge is 0.395 e. The molecule has 0 spiro atoms. The Bertz CT molecular complexity index is 631. The van der Waals surface area contributed by atoms with Gasteiger partial charge in [-0.15, -0.1) is 11.3 Å². The van der Waals surface area contributed by atoms with Gasteiger partial charge in [0.15, 0.2) is 0 Å². The summed E-state index contributed by atoms with van der Waals surface area (Å²) >= 11 is 1.59. The number of aryl methyl sites for hydroxylation is 2. The van der Waals surface area contributed by atoms with Crippen LogP contribution in [0.15, 0.2) is 17.6 Å². The van der Waals surface area contributed by atoms with Crippen molar-refractivity contribution in [2.24, 2.45) is 7.05 Å². The summed E-state index contributed by atoms with van der Waals surface area (Å²) in [6.07, 6.45) is 1.92. The number of carbonyl (C=O) groups excluding carboxylic acids is 1. The lowest BCUT2D eigenvalue weighted by molar-refractivity contribution is 0.0655. The summed E-state index contributed by atoms with van der Waals surface area (Å²) < 4.78 is 1.82. The van der Waals surface area contributed by atoms with Crippen LogP contribution in [-0.2, 0) is 7.05 Å². The Labute approximate surface area is 128 Å². The summed E-state index contributed by atoms with van der Waals surface area (Å²) in [7, 11) is 1.85. The van der Waals surface area contributed by atoms with Gasteiger partial charge in [-0.25, -0.2) is 4.98 Å². The second-order valence-electron chi connectivity index (χ2n) is 5.29. The molecule has 0 aliphatic carbocycles. The van der Waals surface area contributed by atoms with Gasteiger partial charge in [0.2, 0.25) is 0 Å². The summed E-state index contributed by atoms with van der Waals surface area (Å²) in [5, 5.41) is 12.1. The molecule has 2 aromatic heterocycles. The lowest BCUT2D eigenvalue weighted by Crippen LogP contribution is -2.39. The minimum Gasteiger partial charge on any atom is -0.395 e. The molecular weight excluding hydrogens is 286 g/mol. The molecule has 0 fully saturated rings. The summed E-state index contributed by atoms with van der Waals surface area (Å²) in [5.41, 5.74) is 2.45. The molecule has 2 rings (SSSR count). The maximum absolute atomic E-state index is 12.6. The molecule has 2 heterocycles. The second-order valence-corrected chi connectivity index (χ2v) is 6.35. The van der Waals surface area contributed by atoms with Gasteiger partial charge in [0.05, 0.1) is 17.3 Å². The van der Waals surface area contributed by atoms with E-state index in [0.717, 1.165) is 16.3 Å². The van der Waals surface area contributed by atoms with E-state index in [9.17, 15) is 4.79 Å². The molecule has 0 saturated heterocycles. The standard InChI is InChI=1S/C15H21N3O2S/c1-10(2)18(5-6-19)15(20)14-7-12(8-17(14)4)13-9-21-11(3)16-13/h7-10,19H,5-6H2,1-4H3. The number of carbonyl (C=O) groups is 1. The summed E-state index contributed by atoms with van der Waals surface area (Å²) in [6, 6.07) is 1.91. The lowest BCUT2D eigenvalue weighted by Gasteiger charge is -2.26. The lowest BCUT2D eigenvalue weighted by atomic mass is 10.2. The predicted octanol–water partition coefficient (Wildman–Crippen LogP) is 2.30. The molecular formula is C15H21N3O2S. The van der Waals surface area contributed by atoms with Gasteiger partial charge >= 0.3 is 0 Å². The molecule has 1 N–H and O–H groups in total. The van der Waals surface area contributed by atoms with Crippen LogP contribution < -0.4 is 0 Å². The Hall–Kier alpha value is -1.66. The van der Waals surface area contributed by atoms with Crippen molar-refractivity contribution in [3.05, 3.63) is 28.3 Å². The molecule has 21 heavy (non-hydrogen) atoms. The minimum absolute atomic E-state index is 0.0352. The van der Waals surface area contributed by atoms with Crippen LogP contribution in [0.25, 0.3) is 11.3 Å². The molecule has 1 amide bonds. The summed E-state index contributed by atoms with van der Waals surface area (Å²) in [6.45, 7) is 6.16.